The number of amides is 1. The van der Waals surface area contributed by atoms with Crippen LogP contribution in [-0.4, -0.2) is 36.7 Å². The molecule has 0 saturated heterocycles. The van der Waals surface area contributed by atoms with E-state index in [1.54, 1.807) is 36.4 Å². The third kappa shape index (κ3) is 6.33. The number of hydrogen-bond donors (Lipinski definition) is 2. The Balaban J connectivity index is 1.65. The highest BCUT2D eigenvalue weighted by Gasteiger charge is 2.29. The quantitative estimate of drug-likeness (QED) is 0.228. The summed E-state index contributed by atoms with van der Waals surface area (Å²) in [6, 6.07) is 16.0. The summed E-state index contributed by atoms with van der Waals surface area (Å²) in [7, 11) is -3.86. The zero-order chi connectivity index (χ0) is 29.4. The van der Waals surface area contributed by atoms with Crippen molar-refractivity contribution in [3.63, 3.8) is 0 Å². The predicted molar refractivity (Wildman–Crippen MR) is 159 cm³/mol. The van der Waals surface area contributed by atoms with E-state index in [2.05, 4.69) is 0 Å². The van der Waals surface area contributed by atoms with Gasteiger partial charge in [0, 0.05) is 16.0 Å². The molecular formula is C29H29Cl2N3O5S. The molecular weight excluding hydrogens is 573 g/mol. The van der Waals surface area contributed by atoms with Crippen LogP contribution >= 0.6 is 23.2 Å². The molecule has 210 valence electrons. The third-order valence-electron chi connectivity index (χ3n) is 6.39. The summed E-state index contributed by atoms with van der Waals surface area (Å²) >= 11 is 12.2. The first-order valence-electron chi connectivity index (χ1n) is 12.4. The molecule has 1 atom stereocenters. The number of carbonyl (C=O) groups excluding carboxylic acids is 2. The van der Waals surface area contributed by atoms with Gasteiger partial charge >= 0.3 is 0 Å². The maximum atomic E-state index is 13.1. The Morgan fingerprint density at radius 2 is 1.70 bits per heavy atom. The number of ketones is 1. The van der Waals surface area contributed by atoms with Gasteiger partial charge in [0.15, 0.2) is 5.76 Å². The summed E-state index contributed by atoms with van der Waals surface area (Å²) < 4.78 is 31.7. The molecule has 3 aromatic carbocycles. The van der Waals surface area contributed by atoms with Crippen molar-refractivity contribution in [2.75, 3.05) is 12.0 Å². The Hall–Kier alpha value is -3.37. The number of halogens is 2. The van der Waals surface area contributed by atoms with Crippen LogP contribution in [0.15, 0.2) is 65.1 Å². The molecule has 0 aliphatic heterocycles. The number of nitrogens with two attached hydrogens (primary N) is 2. The number of furan rings is 1. The molecule has 11 heteroatoms. The molecule has 4 rings (SSSR count). The Kier molecular flexibility index (Phi) is 8.60. The van der Waals surface area contributed by atoms with Crippen molar-refractivity contribution >= 4 is 61.6 Å². The number of benzene rings is 3. The zero-order valence-corrected chi connectivity index (χ0v) is 24.5. The second kappa shape index (κ2) is 11.6. The van der Waals surface area contributed by atoms with Gasteiger partial charge in [-0.3, -0.25) is 9.59 Å². The van der Waals surface area contributed by atoms with Crippen LogP contribution in [0, 0.1) is 5.92 Å². The molecule has 4 N–H and O–H groups in total. The molecule has 4 aromatic rings. The fourth-order valence-electron chi connectivity index (χ4n) is 4.43. The van der Waals surface area contributed by atoms with Crippen molar-refractivity contribution < 1.29 is 22.4 Å². The largest absolute Gasteiger partial charge is 0.450 e. The molecule has 0 aliphatic carbocycles. The summed E-state index contributed by atoms with van der Waals surface area (Å²) in [4.78, 5) is 26.0. The minimum atomic E-state index is -3.86. The first kappa shape index (κ1) is 29.6. The molecule has 0 aliphatic rings. The SMILES string of the molecule is CC(C)C[C@@H](N)C(=O)N(Cc1cccc(-c2ccc3c(N)c(C(=O)c4ccc(Cl)cc4Cl)oc3c2)c1)S(C)(=O)=O. The Morgan fingerprint density at radius 3 is 2.35 bits per heavy atom. The van der Waals surface area contributed by atoms with Gasteiger partial charge in [-0.1, -0.05) is 61.3 Å². The summed E-state index contributed by atoms with van der Waals surface area (Å²) in [6.45, 7) is 3.67. The van der Waals surface area contributed by atoms with Crippen LogP contribution in [-0.2, 0) is 21.4 Å². The number of nitrogen functional groups attached to an aromatic ring is 1. The van der Waals surface area contributed by atoms with Crippen LogP contribution in [0.5, 0.6) is 0 Å². The van der Waals surface area contributed by atoms with E-state index in [1.807, 2.05) is 26.0 Å². The van der Waals surface area contributed by atoms with Gasteiger partial charge in [0.05, 0.1) is 29.6 Å². The lowest BCUT2D eigenvalue weighted by atomic mass is 10.0. The molecule has 0 saturated carbocycles. The van der Waals surface area contributed by atoms with Gasteiger partial charge in [-0.25, -0.2) is 12.7 Å². The van der Waals surface area contributed by atoms with Gasteiger partial charge in [0.2, 0.25) is 15.8 Å². The number of hydrogen-bond acceptors (Lipinski definition) is 7. The van der Waals surface area contributed by atoms with Crippen molar-refractivity contribution in [2.24, 2.45) is 11.7 Å². The molecule has 0 bridgehead atoms. The smallest absolute Gasteiger partial charge is 0.253 e. The minimum Gasteiger partial charge on any atom is -0.450 e. The summed E-state index contributed by atoms with van der Waals surface area (Å²) in [5, 5.41) is 1.14. The van der Waals surface area contributed by atoms with Crippen LogP contribution in [0.2, 0.25) is 10.0 Å². The molecule has 1 amide bonds. The number of anilines is 1. The van der Waals surface area contributed by atoms with E-state index >= 15 is 0 Å². The van der Waals surface area contributed by atoms with Crippen LogP contribution in [0.4, 0.5) is 5.69 Å². The fraction of sp³-hybridized carbons (Fsp3) is 0.241. The van der Waals surface area contributed by atoms with Crippen LogP contribution in [0.1, 0.15) is 41.9 Å². The van der Waals surface area contributed by atoms with Crippen LogP contribution < -0.4 is 11.5 Å². The van der Waals surface area contributed by atoms with Crippen LogP contribution in [0.25, 0.3) is 22.1 Å². The molecule has 1 aromatic heterocycles. The Labute approximate surface area is 242 Å². The number of rotatable bonds is 9. The van der Waals surface area contributed by atoms with Crippen molar-refractivity contribution in [1.82, 2.24) is 4.31 Å². The van der Waals surface area contributed by atoms with E-state index in [9.17, 15) is 18.0 Å². The predicted octanol–water partition coefficient (Wildman–Crippen LogP) is 5.88. The highest BCUT2D eigenvalue weighted by Crippen LogP contribution is 2.35. The lowest BCUT2D eigenvalue weighted by Gasteiger charge is -2.24. The normalized spacial score (nSPS) is 12.6. The zero-order valence-electron chi connectivity index (χ0n) is 22.1. The van der Waals surface area contributed by atoms with Gasteiger partial charge in [-0.2, -0.15) is 0 Å². The average molecular weight is 603 g/mol. The monoisotopic (exact) mass is 601 g/mol. The van der Waals surface area contributed by atoms with E-state index in [-0.39, 0.29) is 34.5 Å². The van der Waals surface area contributed by atoms with Crippen molar-refractivity contribution in [1.29, 1.82) is 0 Å². The van der Waals surface area contributed by atoms with E-state index < -0.39 is 27.8 Å². The van der Waals surface area contributed by atoms with Crippen molar-refractivity contribution in [3.8, 4) is 11.1 Å². The molecule has 40 heavy (non-hydrogen) atoms. The van der Waals surface area contributed by atoms with Gasteiger partial charge in [-0.15, -0.1) is 0 Å². The second-order valence-corrected chi connectivity index (χ2v) is 12.8. The highest BCUT2D eigenvalue weighted by molar-refractivity contribution is 7.88. The van der Waals surface area contributed by atoms with Gasteiger partial charge in [0.25, 0.3) is 5.91 Å². The average Bonchev–Trinajstić information content (AvgIpc) is 3.21. The summed E-state index contributed by atoms with van der Waals surface area (Å²) in [5.41, 5.74) is 15.1. The molecule has 0 fully saturated rings. The van der Waals surface area contributed by atoms with E-state index in [1.165, 1.54) is 12.1 Å². The van der Waals surface area contributed by atoms with Gasteiger partial charge < -0.3 is 15.9 Å². The van der Waals surface area contributed by atoms with E-state index in [0.29, 0.717) is 28.0 Å². The number of carbonyl (C=O) groups is 2. The first-order chi connectivity index (χ1) is 18.8. The van der Waals surface area contributed by atoms with Crippen molar-refractivity contribution in [2.45, 2.75) is 32.9 Å². The minimum absolute atomic E-state index is 0.0369. The Morgan fingerprint density at radius 1 is 1.00 bits per heavy atom. The molecule has 0 radical (unpaired) electrons. The van der Waals surface area contributed by atoms with E-state index in [0.717, 1.165) is 21.7 Å². The standard InChI is InChI=1S/C29H29Cl2N3O5S/c1-16(2)11-24(32)29(36)34(40(3,37)38)15-17-5-4-6-18(12-17)19-7-9-22-25(13-19)39-28(26(22)33)27(35)21-10-8-20(30)14-23(21)31/h4-10,12-14,16,24H,11,15,32-33H2,1-3H3/t24-/m1/s1. The number of sulfonamides is 1. The van der Waals surface area contributed by atoms with E-state index in [4.69, 9.17) is 39.1 Å². The molecule has 1 heterocycles. The maximum Gasteiger partial charge on any atom is 0.253 e. The molecule has 8 nitrogen and oxygen atoms in total. The van der Waals surface area contributed by atoms with Gasteiger partial charge in [0.1, 0.15) is 5.58 Å². The second-order valence-electron chi connectivity index (χ2n) is 10.1. The lowest BCUT2D eigenvalue weighted by molar-refractivity contribution is -0.128. The Bertz CT molecular complexity index is 1720. The topological polar surface area (TPSA) is 137 Å². The lowest BCUT2D eigenvalue weighted by Crippen LogP contribution is -2.46. The number of fused-ring (bicyclic) bond motifs is 1. The molecule has 0 unspecified atom stereocenters. The van der Waals surface area contributed by atoms with Gasteiger partial charge in [-0.05, 0) is 65.4 Å². The number of nitrogens with zero attached hydrogens (tertiary/aromatic N) is 1. The highest BCUT2D eigenvalue weighted by atomic mass is 35.5. The van der Waals surface area contributed by atoms with Crippen molar-refractivity contribution in [3.05, 3.63) is 87.6 Å². The summed E-state index contributed by atoms with van der Waals surface area (Å²) in [5.74, 6) is -1.02. The fourth-order valence-corrected chi connectivity index (χ4v) is 5.77. The van der Waals surface area contributed by atoms with Crippen LogP contribution in [0.3, 0.4) is 0 Å². The summed E-state index contributed by atoms with van der Waals surface area (Å²) in [6.07, 6.45) is 1.36. The third-order valence-corrected chi connectivity index (χ3v) is 8.04. The first-order valence-corrected chi connectivity index (χ1v) is 15.0. The maximum absolute atomic E-state index is 13.1. The molecule has 0 spiro atoms.